The van der Waals surface area contributed by atoms with Crippen molar-refractivity contribution in [2.45, 2.75) is 43.6 Å². The molecule has 0 radical (unpaired) electrons. The van der Waals surface area contributed by atoms with E-state index in [1.165, 1.54) is 7.11 Å². The van der Waals surface area contributed by atoms with Gasteiger partial charge in [-0.1, -0.05) is 30.3 Å². The Labute approximate surface area is 188 Å². The summed E-state index contributed by atoms with van der Waals surface area (Å²) < 4.78 is 41.9. The smallest absolute Gasteiger partial charge is 0.336 e. The maximum atomic E-state index is 13.3. The Morgan fingerprint density at radius 3 is 2.73 bits per heavy atom. The number of alkyl halides is 1. The SMILES string of the molecule is CO[C@H]1OC2COC(c3ccccc3)O[C@H]2[C@H](O)C1Nc1ccc2c(CF)cc(=O)oc2c1. The first-order chi connectivity index (χ1) is 16.1. The highest BCUT2D eigenvalue weighted by Crippen LogP contribution is 2.35. The van der Waals surface area contributed by atoms with Crippen LogP contribution >= 0.6 is 0 Å². The summed E-state index contributed by atoms with van der Waals surface area (Å²) in [5, 5.41) is 14.9. The van der Waals surface area contributed by atoms with Crippen LogP contribution in [-0.2, 0) is 25.6 Å². The largest absolute Gasteiger partial charge is 0.423 e. The zero-order valence-corrected chi connectivity index (χ0v) is 17.8. The Bertz CT molecular complexity index is 1170. The maximum absolute atomic E-state index is 13.3. The van der Waals surface area contributed by atoms with Crippen LogP contribution in [0.3, 0.4) is 0 Å². The minimum absolute atomic E-state index is 0.237. The molecule has 2 aliphatic heterocycles. The Hall–Kier alpha value is -2.82. The first kappa shape index (κ1) is 22.0. The van der Waals surface area contributed by atoms with E-state index in [4.69, 9.17) is 23.4 Å². The average Bonchev–Trinajstić information content (AvgIpc) is 2.85. The van der Waals surface area contributed by atoms with Crippen LogP contribution in [0.2, 0.25) is 0 Å². The first-order valence-corrected chi connectivity index (χ1v) is 10.6. The second kappa shape index (κ2) is 9.20. The molecule has 9 heteroatoms. The molecule has 5 rings (SSSR count). The monoisotopic (exact) mass is 457 g/mol. The molecule has 33 heavy (non-hydrogen) atoms. The van der Waals surface area contributed by atoms with Crippen LogP contribution < -0.4 is 10.9 Å². The van der Waals surface area contributed by atoms with Gasteiger partial charge in [-0.2, -0.15) is 0 Å². The summed E-state index contributed by atoms with van der Waals surface area (Å²) >= 11 is 0. The van der Waals surface area contributed by atoms with E-state index < -0.39 is 49.2 Å². The van der Waals surface area contributed by atoms with Gasteiger partial charge in [0.25, 0.3) is 0 Å². The van der Waals surface area contributed by atoms with Gasteiger partial charge >= 0.3 is 5.63 Å². The minimum atomic E-state index is -0.997. The predicted molar refractivity (Wildman–Crippen MR) is 116 cm³/mol. The van der Waals surface area contributed by atoms with Crippen molar-refractivity contribution in [2.24, 2.45) is 0 Å². The minimum Gasteiger partial charge on any atom is -0.423 e. The third-order valence-electron chi connectivity index (χ3n) is 5.98. The Kier molecular flexibility index (Phi) is 6.13. The van der Waals surface area contributed by atoms with E-state index in [-0.39, 0.29) is 17.8 Å². The number of benzene rings is 2. The average molecular weight is 457 g/mol. The molecular formula is C24H24FNO7. The normalized spacial score (nSPS) is 29.5. The van der Waals surface area contributed by atoms with E-state index in [0.29, 0.717) is 11.1 Å². The lowest BCUT2D eigenvalue weighted by atomic mass is 9.95. The summed E-state index contributed by atoms with van der Waals surface area (Å²) in [5.74, 6) is 0. The number of aliphatic hydroxyl groups excluding tert-OH is 1. The number of hydrogen-bond acceptors (Lipinski definition) is 8. The van der Waals surface area contributed by atoms with E-state index in [2.05, 4.69) is 5.32 Å². The summed E-state index contributed by atoms with van der Waals surface area (Å²) in [6, 6.07) is 14.9. The fourth-order valence-corrected chi connectivity index (χ4v) is 4.35. The van der Waals surface area contributed by atoms with Crippen LogP contribution in [0.25, 0.3) is 11.0 Å². The number of methoxy groups -OCH3 is 1. The third kappa shape index (κ3) is 4.25. The van der Waals surface area contributed by atoms with E-state index in [0.717, 1.165) is 11.6 Å². The number of hydrogen-bond donors (Lipinski definition) is 2. The number of aliphatic hydroxyl groups is 1. The molecule has 2 saturated heterocycles. The van der Waals surface area contributed by atoms with Crippen molar-refractivity contribution in [3.8, 4) is 0 Å². The van der Waals surface area contributed by atoms with Crippen molar-refractivity contribution < 1.29 is 32.9 Å². The van der Waals surface area contributed by atoms with E-state index in [1.54, 1.807) is 18.2 Å². The summed E-state index contributed by atoms with van der Waals surface area (Å²) in [7, 11) is 1.48. The van der Waals surface area contributed by atoms with Crippen molar-refractivity contribution >= 4 is 16.7 Å². The first-order valence-electron chi connectivity index (χ1n) is 10.6. The van der Waals surface area contributed by atoms with Gasteiger partial charge < -0.3 is 33.8 Å². The van der Waals surface area contributed by atoms with Crippen LogP contribution in [0.5, 0.6) is 0 Å². The van der Waals surface area contributed by atoms with Crippen LogP contribution in [0.4, 0.5) is 10.1 Å². The molecule has 1 aromatic heterocycles. The van der Waals surface area contributed by atoms with Gasteiger partial charge in [0.15, 0.2) is 12.6 Å². The quantitative estimate of drug-likeness (QED) is 0.565. The Balaban J connectivity index is 1.39. The molecule has 0 spiro atoms. The molecule has 2 N–H and O–H groups in total. The molecule has 8 nitrogen and oxygen atoms in total. The van der Waals surface area contributed by atoms with E-state index >= 15 is 0 Å². The van der Waals surface area contributed by atoms with Crippen LogP contribution in [-0.4, -0.2) is 49.5 Å². The highest BCUT2D eigenvalue weighted by atomic mass is 19.1. The molecule has 0 saturated carbocycles. The number of ether oxygens (including phenoxy) is 4. The van der Waals surface area contributed by atoms with Gasteiger partial charge in [0, 0.05) is 41.4 Å². The van der Waals surface area contributed by atoms with Crippen molar-refractivity contribution in [2.75, 3.05) is 19.0 Å². The van der Waals surface area contributed by atoms with Gasteiger partial charge in [-0.05, 0) is 12.1 Å². The summed E-state index contributed by atoms with van der Waals surface area (Å²) in [6.07, 6.45) is -3.58. The zero-order chi connectivity index (χ0) is 22.9. The molecule has 3 heterocycles. The highest BCUT2D eigenvalue weighted by molar-refractivity contribution is 5.83. The molecule has 6 atom stereocenters. The second-order valence-corrected chi connectivity index (χ2v) is 8.05. The molecule has 3 aromatic rings. The molecule has 2 fully saturated rings. The van der Waals surface area contributed by atoms with Crippen molar-refractivity contribution in [1.29, 1.82) is 0 Å². The summed E-state index contributed by atoms with van der Waals surface area (Å²) in [5.41, 5.74) is 1.25. The number of nitrogens with one attached hydrogen (secondary N) is 1. The molecule has 2 aliphatic rings. The summed E-state index contributed by atoms with van der Waals surface area (Å²) in [4.78, 5) is 11.8. The predicted octanol–water partition coefficient (Wildman–Crippen LogP) is 2.89. The van der Waals surface area contributed by atoms with Gasteiger partial charge in [0.1, 0.15) is 36.6 Å². The van der Waals surface area contributed by atoms with Crippen LogP contribution in [0, 0.1) is 0 Å². The van der Waals surface area contributed by atoms with Gasteiger partial charge in [0.2, 0.25) is 0 Å². The number of rotatable bonds is 5. The van der Waals surface area contributed by atoms with Gasteiger partial charge in [-0.3, -0.25) is 0 Å². The van der Waals surface area contributed by atoms with Crippen molar-refractivity contribution in [3.63, 3.8) is 0 Å². The molecular weight excluding hydrogens is 433 g/mol. The molecule has 174 valence electrons. The lowest BCUT2D eigenvalue weighted by Crippen LogP contribution is -2.64. The van der Waals surface area contributed by atoms with Crippen molar-refractivity contribution in [1.82, 2.24) is 0 Å². The lowest BCUT2D eigenvalue weighted by molar-refractivity contribution is -0.337. The van der Waals surface area contributed by atoms with Crippen LogP contribution in [0.15, 0.2) is 63.8 Å². The van der Waals surface area contributed by atoms with Gasteiger partial charge in [-0.15, -0.1) is 0 Å². The molecule has 0 bridgehead atoms. The molecule has 0 amide bonds. The standard InChI is InChI=1S/C24H24FNO7/c1-29-24-20(26-15-7-8-16-14(11-25)9-19(27)31-17(16)10-15)21(28)22-18(32-24)12-30-23(33-22)13-5-3-2-4-6-13/h2-10,18,20-24,26,28H,11-12H2,1H3/t18?,20?,21-,22-,23?,24+/m1/s1. The Morgan fingerprint density at radius 2 is 1.97 bits per heavy atom. The number of anilines is 1. The second-order valence-electron chi connectivity index (χ2n) is 8.05. The van der Waals surface area contributed by atoms with Gasteiger partial charge in [-0.25, -0.2) is 9.18 Å². The third-order valence-corrected chi connectivity index (χ3v) is 5.98. The highest BCUT2D eigenvalue weighted by Gasteiger charge is 2.49. The fraction of sp³-hybridized carbons (Fsp3) is 0.375. The Morgan fingerprint density at radius 1 is 1.15 bits per heavy atom. The summed E-state index contributed by atoms with van der Waals surface area (Å²) in [6.45, 7) is -0.540. The maximum Gasteiger partial charge on any atom is 0.336 e. The van der Waals surface area contributed by atoms with Crippen molar-refractivity contribution in [3.05, 3.63) is 76.1 Å². The van der Waals surface area contributed by atoms with E-state index in [1.807, 2.05) is 30.3 Å². The zero-order valence-electron chi connectivity index (χ0n) is 17.8. The number of fused-ring (bicyclic) bond motifs is 2. The molecule has 0 aliphatic carbocycles. The topological polar surface area (TPSA) is 99.4 Å². The lowest BCUT2D eigenvalue weighted by Gasteiger charge is -2.47. The number of halogens is 1. The fourth-order valence-electron chi connectivity index (χ4n) is 4.35. The van der Waals surface area contributed by atoms with E-state index in [9.17, 15) is 14.3 Å². The van der Waals surface area contributed by atoms with Gasteiger partial charge in [0.05, 0.1) is 6.61 Å². The van der Waals surface area contributed by atoms with Crippen LogP contribution in [0.1, 0.15) is 17.4 Å². The molecule has 2 aromatic carbocycles. The molecule has 3 unspecified atom stereocenters.